The lowest BCUT2D eigenvalue weighted by atomic mass is 9.64. The van der Waals surface area contributed by atoms with Crippen molar-refractivity contribution in [2.45, 2.75) is 37.3 Å². The Balaban J connectivity index is 0.00000208. The fourth-order valence-corrected chi connectivity index (χ4v) is 3.48. The van der Waals surface area contributed by atoms with E-state index < -0.39 is 11.7 Å². The first-order valence-electron chi connectivity index (χ1n) is 8.07. The average Bonchev–Trinajstić information content (AvgIpc) is 2.99. The number of halogens is 4. The van der Waals surface area contributed by atoms with Gasteiger partial charge < -0.3 is 10.6 Å². The molecule has 2 aliphatic rings. The highest BCUT2D eigenvalue weighted by molar-refractivity contribution is 5.85. The van der Waals surface area contributed by atoms with Crippen LogP contribution in [0.15, 0.2) is 24.3 Å². The zero-order valence-electron chi connectivity index (χ0n) is 13.3. The van der Waals surface area contributed by atoms with Gasteiger partial charge in [-0.25, -0.2) is 0 Å². The number of hydrogen-bond donors (Lipinski definition) is 2. The molecule has 1 aromatic rings. The highest BCUT2D eigenvalue weighted by Gasteiger charge is 2.41. The molecular weight excluding hydrogens is 341 g/mol. The summed E-state index contributed by atoms with van der Waals surface area (Å²) in [5, 5.41) is 6.11. The molecule has 1 unspecified atom stereocenters. The molecule has 1 heterocycles. The Kier molecular flexibility index (Phi) is 5.81. The van der Waals surface area contributed by atoms with E-state index in [4.69, 9.17) is 0 Å². The summed E-state index contributed by atoms with van der Waals surface area (Å²) in [6, 6.07) is 5.54. The fraction of sp³-hybridized carbons (Fsp3) is 0.588. The maximum absolute atomic E-state index is 12.9. The van der Waals surface area contributed by atoms with Crippen molar-refractivity contribution in [3.63, 3.8) is 0 Å². The van der Waals surface area contributed by atoms with Gasteiger partial charge in [-0.15, -0.1) is 12.4 Å². The monoisotopic (exact) mass is 362 g/mol. The zero-order valence-corrected chi connectivity index (χ0v) is 14.1. The fourth-order valence-electron chi connectivity index (χ4n) is 3.48. The summed E-state index contributed by atoms with van der Waals surface area (Å²) in [7, 11) is 0. The molecule has 7 heteroatoms. The van der Waals surface area contributed by atoms with Gasteiger partial charge in [0.05, 0.1) is 11.5 Å². The first kappa shape index (κ1) is 19.1. The largest absolute Gasteiger partial charge is 0.416 e. The van der Waals surface area contributed by atoms with Gasteiger partial charge in [0.1, 0.15) is 0 Å². The van der Waals surface area contributed by atoms with Crippen LogP contribution in [0.2, 0.25) is 0 Å². The lowest BCUT2D eigenvalue weighted by Gasteiger charge is -2.43. The Morgan fingerprint density at radius 1 is 1.33 bits per heavy atom. The minimum Gasteiger partial charge on any atom is -0.355 e. The molecule has 0 bridgehead atoms. The molecule has 1 aliphatic carbocycles. The van der Waals surface area contributed by atoms with Crippen molar-refractivity contribution in [2.24, 2.45) is 5.92 Å². The average molecular weight is 363 g/mol. The molecular formula is C17H22ClF3N2O. The third kappa shape index (κ3) is 3.86. The molecule has 1 aromatic carbocycles. The summed E-state index contributed by atoms with van der Waals surface area (Å²) >= 11 is 0. The van der Waals surface area contributed by atoms with Crippen LogP contribution >= 0.6 is 12.4 Å². The molecule has 134 valence electrons. The molecule has 24 heavy (non-hydrogen) atoms. The van der Waals surface area contributed by atoms with Crippen molar-refractivity contribution in [2.75, 3.05) is 19.6 Å². The van der Waals surface area contributed by atoms with Gasteiger partial charge >= 0.3 is 6.18 Å². The highest BCUT2D eigenvalue weighted by Crippen LogP contribution is 2.44. The van der Waals surface area contributed by atoms with Crippen LogP contribution in [-0.2, 0) is 16.4 Å². The predicted octanol–water partition coefficient (Wildman–Crippen LogP) is 3.27. The van der Waals surface area contributed by atoms with E-state index in [1.165, 1.54) is 12.1 Å². The van der Waals surface area contributed by atoms with Gasteiger partial charge in [-0.2, -0.15) is 13.2 Å². The van der Waals surface area contributed by atoms with Crippen LogP contribution in [0.1, 0.15) is 36.8 Å². The number of benzene rings is 1. The first-order valence-corrected chi connectivity index (χ1v) is 8.07. The van der Waals surface area contributed by atoms with E-state index in [1.807, 2.05) is 0 Å². The summed E-state index contributed by atoms with van der Waals surface area (Å²) in [6.07, 6.45) is -0.895. The summed E-state index contributed by atoms with van der Waals surface area (Å²) in [6.45, 7) is 1.95. The van der Waals surface area contributed by atoms with Gasteiger partial charge in [0.15, 0.2) is 0 Å². The number of carbonyl (C=O) groups excluding carboxylic acids is 1. The third-order valence-electron chi connectivity index (χ3n) is 5.15. The van der Waals surface area contributed by atoms with E-state index >= 15 is 0 Å². The van der Waals surface area contributed by atoms with Gasteiger partial charge in [-0.1, -0.05) is 24.6 Å². The second kappa shape index (κ2) is 7.31. The molecule has 1 saturated heterocycles. The molecule has 0 radical (unpaired) electrons. The molecule has 1 amide bonds. The molecule has 0 spiro atoms. The van der Waals surface area contributed by atoms with Crippen molar-refractivity contribution < 1.29 is 18.0 Å². The molecule has 3 rings (SSSR count). The third-order valence-corrected chi connectivity index (χ3v) is 5.15. The summed E-state index contributed by atoms with van der Waals surface area (Å²) in [5.74, 6) is -0.0121. The second-order valence-corrected chi connectivity index (χ2v) is 6.62. The number of rotatable bonds is 4. The van der Waals surface area contributed by atoms with Gasteiger partial charge in [-0.3, -0.25) is 4.79 Å². The Labute approximate surface area is 145 Å². The van der Waals surface area contributed by atoms with Crippen LogP contribution < -0.4 is 10.6 Å². The van der Waals surface area contributed by atoms with Crippen LogP contribution in [0.4, 0.5) is 13.2 Å². The lowest BCUT2D eigenvalue weighted by Crippen LogP contribution is -2.47. The normalized spacial score (nSPS) is 22.4. The molecule has 1 saturated carbocycles. The van der Waals surface area contributed by atoms with Crippen LogP contribution in [0, 0.1) is 5.92 Å². The maximum Gasteiger partial charge on any atom is 0.416 e. The second-order valence-electron chi connectivity index (χ2n) is 6.62. The van der Waals surface area contributed by atoms with Gasteiger partial charge in [0.2, 0.25) is 5.91 Å². The van der Waals surface area contributed by atoms with Crippen LogP contribution in [0.3, 0.4) is 0 Å². The molecule has 1 aliphatic heterocycles. The molecule has 0 aromatic heterocycles. The van der Waals surface area contributed by atoms with Crippen molar-refractivity contribution in [3.8, 4) is 0 Å². The Morgan fingerprint density at radius 2 is 2.08 bits per heavy atom. The van der Waals surface area contributed by atoms with E-state index in [9.17, 15) is 18.0 Å². The highest BCUT2D eigenvalue weighted by atomic mass is 35.5. The number of nitrogens with one attached hydrogen (secondary N) is 2. The van der Waals surface area contributed by atoms with Crippen LogP contribution in [0.5, 0.6) is 0 Å². The molecule has 2 fully saturated rings. The first-order chi connectivity index (χ1) is 10.9. The van der Waals surface area contributed by atoms with Gasteiger partial charge in [0, 0.05) is 18.5 Å². The van der Waals surface area contributed by atoms with E-state index in [2.05, 4.69) is 10.6 Å². The number of amides is 1. The molecule has 3 nitrogen and oxygen atoms in total. The van der Waals surface area contributed by atoms with Crippen molar-refractivity contribution in [1.29, 1.82) is 0 Å². The lowest BCUT2D eigenvalue weighted by molar-refractivity contribution is -0.137. The van der Waals surface area contributed by atoms with E-state index in [0.29, 0.717) is 18.7 Å². The number of hydrogen-bond acceptors (Lipinski definition) is 2. The van der Waals surface area contributed by atoms with Crippen LogP contribution in [0.25, 0.3) is 0 Å². The number of alkyl halides is 3. The summed E-state index contributed by atoms with van der Waals surface area (Å²) in [5.41, 5.74) is -0.279. The Bertz CT molecular complexity index is 581. The predicted molar refractivity (Wildman–Crippen MR) is 88.2 cm³/mol. The quantitative estimate of drug-likeness (QED) is 0.863. The van der Waals surface area contributed by atoms with E-state index in [-0.39, 0.29) is 29.6 Å². The topological polar surface area (TPSA) is 41.1 Å². The number of carbonyl (C=O) groups is 1. The van der Waals surface area contributed by atoms with E-state index in [0.717, 1.165) is 38.3 Å². The van der Waals surface area contributed by atoms with E-state index in [1.54, 1.807) is 6.07 Å². The maximum atomic E-state index is 12.9. The van der Waals surface area contributed by atoms with Crippen molar-refractivity contribution in [3.05, 3.63) is 35.4 Å². The Morgan fingerprint density at radius 3 is 2.62 bits per heavy atom. The minimum atomic E-state index is -4.33. The minimum absolute atomic E-state index is 0. The molecule has 2 N–H and O–H groups in total. The Hall–Kier alpha value is -1.27. The zero-order chi connectivity index (χ0) is 16.5. The smallest absolute Gasteiger partial charge is 0.355 e. The van der Waals surface area contributed by atoms with Crippen molar-refractivity contribution in [1.82, 2.24) is 10.6 Å². The standard InChI is InChI=1S/C17H21F3N2O.ClH/c18-17(19,20)14-4-1-3-13(9-14)16(6-2-7-16)11-22-15(23)12-5-8-21-10-12;/h1,3-4,9,12,21H,2,5-8,10-11H2,(H,22,23);1H. The molecule has 1 atom stereocenters. The van der Waals surface area contributed by atoms with Crippen LogP contribution in [-0.4, -0.2) is 25.5 Å². The van der Waals surface area contributed by atoms with Gasteiger partial charge in [0.25, 0.3) is 0 Å². The summed E-state index contributed by atoms with van der Waals surface area (Å²) in [4.78, 5) is 12.2. The van der Waals surface area contributed by atoms with Gasteiger partial charge in [-0.05, 0) is 37.4 Å². The summed E-state index contributed by atoms with van der Waals surface area (Å²) < 4.78 is 38.8. The SMILES string of the molecule is Cl.O=C(NCC1(c2cccc(C(F)(F)F)c2)CCC1)C1CCNC1. The van der Waals surface area contributed by atoms with Crippen molar-refractivity contribution >= 4 is 18.3 Å².